The third-order valence-corrected chi connectivity index (χ3v) is 5.62. The predicted octanol–water partition coefficient (Wildman–Crippen LogP) is 1.61. The standard InChI is InChI=1S/C21H26N4O4/c1-3-24-18-15-29-14-16(18)20(26)25(21(24)27)13-10-22-8-11-23(12-9-22)17-6-4-5-7-19(17)28-2/h4-7,14-15H,3,8-13H2,1-2H3. The van der Waals surface area contributed by atoms with Crippen LogP contribution >= 0.6 is 0 Å². The van der Waals surface area contributed by atoms with Crippen molar-refractivity contribution in [1.29, 1.82) is 0 Å². The van der Waals surface area contributed by atoms with Crippen molar-refractivity contribution in [3.8, 4) is 5.75 Å². The molecule has 1 saturated heterocycles. The molecule has 0 bridgehead atoms. The van der Waals surface area contributed by atoms with Crippen LogP contribution in [0.5, 0.6) is 5.75 Å². The number of para-hydroxylation sites is 2. The zero-order chi connectivity index (χ0) is 20.4. The summed E-state index contributed by atoms with van der Waals surface area (Å²) in [6.07, 6.45) is 2.88. The number of ether oxygens (including phenoxy) is 1. The molecule has 0 radical (unpaired) electrons. The lowest BCUT2D eigenvalue weighted by Crippen LogP contribution is -2.49. The van der Waals surface area contributed by atoms with Crippen molar-refractivity contribution < 1.29 is 9.15 Å². The van der Waals surface area contributed by atoms with Gasteiger partial charge in [-0.25, -0.2) is 4.79 Å². The fourth-order valence-corrected chi connectivity index (χ4v) is 3.99. The zero-order valence-electron chi connectivity index (χ0n) is 16.8. The Balaban J connectivity index is 1.45. The summed E-state index contributed by atoms with van der Waals surface area (Å²) in [6, 6.07) is 8.03. The van der Waals surface area contributed by atoms with E-state index in [1.807, 2.05) is 25.1 Å². The van der Waals surface area contributed by atoms with E-state index in [0.717, 1.165) is 37.6 Å². The summed E-state index contributed by atoms with van der Waals surface area (Å²) in [5, 5.41) is 0.451. The number of benzene rings is 1. The first-order valence-electron chi connectivity index (χ1n) is 9.94. The number of anilines is 1. The highest BCUT2D eigenvalue weighted by Gasteiger charge is 2.20. The molecule has 0 N–H and O–H groups in total. The van der Waals surface area contributed by atoms with Gasteiger partial charge >= 0.3 is 5.69 Å². The molecule has 4 rings (SSSR count). The molecule has 0 spiro atoms. The van der Waals surface area contributed by atoms with Crippen molar-refractivity contribution in [2.24, 2.45) is 0 Å². The van der Waals surface area contributed by atoms with Gasteiger partial charge in [-0.2, -0.15) is 0 Å². The first-order valence-corrected chi connectivity index (χ1v) is 9.94. The Morgan fingerprint density at radius 2 is 1.76 bits per heavy atom. The maximum Gasteiger partial charge on any atom is 0.331 e. The van der Waals surface area contributed by atoms with E-state index in [2.05, 4.69) is 15.9 Å². The third-order valence-electron chi connectivity index (χ3n) is 5.62. The smallest absolute Gasteiger partial charge is 0.331 e. The highest BCUT2D eigenvalue weighted by molar-refractivity contribution is 5.76. The van der Waals surface area contributed by atoms with Crippen molar-refractivity contribution in [2.45, 2.75) is 20.0 Å². The molecular formula is C21H26N4O4. The van der Waals surface area contributed by atoms with Gasteiger partial charge in [-0.15, -0.1) is 0 Å². The quantitative estimate of drug-likeness (QED) is 0.628. The first-order chi connectivity index (χ1) is 14.1. The zero-order valence-corrected chi connectivity index (χ0v) is 16.8. The summed E-state index contributed by atoms with van der Waals surface area (Å²) < 4.78 is 13.5. The van der Waals surface area contributed by atoms with Gasteiger partial charge in [0, 0.05) is 45.8 Å². The average Bonchev–Trinajstić information content (AvgIpc) is 3.24. The molecule has 0 atom stereocenters. The molecule has 1 aliphatic rings. The molecule has 3 aromatic rings. The van der Waals surface area contributed by atoms with Gasteiger partial charge in [0.1, 0.15) is 23.7 Å². The number of aromatic nitrogens is 2. The van der Waals surface area contributed by atoms with Crippen LogP contribution in [0.4, 0.5) is 5.69 Å². The van der Waals surface area contributed by atoms with Crippen LogP contribution in [-0.4, -0.2) is 53.9 Å². The Labute approximate surface area is 168 Å². The van der Waals surface area contributed by atoms with Gasteiger partial charge in [-0.3, -0.25) is 18.8 Å². The van der Waals surface area contributed by atoms with Crippen molar-refractivity contribution in [2.75, 3.05) is 44.7 Å². The fourth-order valence-electron chi connectivity index (χ4n) is 3.99. The van der Waals surface area contributed by atoms with E-state index in [9.17, 15) is 9.59 Å². The van der Waals surface area contributed by atoms with Gasteiger partial charge in [-0.1, -0.05) is 12.1 Å². The molecule has 3 heterocycles. The normalized spacial score (nSPS) is 15.2. The van der Waals surface area contributed by atoms with Gasteiger partial charge in [0.05, 0.1) is 18.3 Å². The van der Waals surface area contributed by atoms with Crippen LogP contribution in [-0.2, 0) is 13.1 Å². The summed E-state index contributed by atoms with van der Waals surface area (Å²) in [7, 11) is 1.69. The van der Waals surface area contributed by atoms with Crippen molar-refractivity contribution in [1.82, 2.24) is 14.0 Å². The Morgan fingerprint density at radius 3 is 2.48 bits per heavy atom. The van der Waals surface area contributed by atoms with E-state index in [4.69, 9.17) is 9.15 Å². The Morgan fingerprint density at radius 1 is 1.00 bits per heavy atom. The molecule has 0 aliphatic carbocycles. The minimum Gasteiger partial charge on any atom is -0.495 e. The number of rotatable bonds is 6. The van der Waals surface area contributed by atoms with E-state index in [0.29, 0.717) is 30.5 Å². The first kappa shape index (κ1) is 19.3. The molecule has 29 heavy (non-hydrogen) atoms. The Kier molecular flexibility index (Phi) is 5.44. The van der Waals surface area contributed by atoms with E-state index >= 15 is 0 Å². The number of fused-ring (bicyclic) bond motifs is 1. The number of methoxy groups -OCH3 is 1. The minimum atomic E-state index is -0.281. The Bertz CT molecular complexity index is 1110. The molecule has 0 amide bonds. The maximum atomic E-state index is 12.8. The molecule has 1 fully saturated rings. The van der Waals surface area contributed by atoms with Crippen LogP contribution < -0.4 is 20.9 Å². The summed E-state index contributed by atoms with van der Waals surface area (Å²) in [5.74, 6) is 0.876. The average molecular weight is 398 g/mol. The summed E-state index contributed by atoms with van der Waals surface area (Å²) >= 11 is 0. The monoisotopic (exact) mass is 398 g/mol. The fraction of sp³-hybridized carbons (Fsp3) is 0.429. The number of hydrogen-bond acceptors (Lipinski definition) is 6. The van der Waals surface area contributed by atoms with E-state index < -0.39 is 0 Å². The topological polar surface area (TPSA) is 72.8 Å². The number of nitrogens with zero attached hydrogens (tertiary/aromatic N) is 4. The van der Waals surface area contributed by atoms with Gasteiger partial charge in [-0.05, 0) is 19.1 Å². The summed E-state index contributed by atoms with van der Waals surface area (Å²) in [5.41, 5.74) is 1.10. The number of hydrogen-bond donors (Lipinski definition) is 0. The predicted molar refractivity (Wildman–Crippen MR) is 112 cm³/mol. The molecule has 8 heteroatoms. The van der Waals surface area contributed by atoms with Gasteiger partial charge in [0.15, 0.2) is 0 Å². The molecule has 0 saturated carbocycles. The number of aryl methyl sites for hydroxylation is 1. The third kappa shape index (κ3) is 3.55. The van der Waals surface area contributed by atoms with E-state index in [-0.39, 0.29) is 11.2 Å². The summed E-state index contributed by atoms with van der Waals surface area (Å²) in [4.78, 5) is 30.1. The van der Waals surface area contributed by atoms with Gasteiger partial charge in [0.25, 0.3) is 5.56 Å². The molecular weight excluding hydrogens is 372 g/mol. The second kappa shape index (κ2) is 8.16. The molecule has 154 valence electrons. The molecule has 2 aromatic heterocycles. The van der Waals surface area contributed by atoms with E-state index in [1.54, 1.807) is 11.7 Å². The second-order valence-electron chi connectivity index (χ2n) is 7.15. The Hall–Kier alpha value is -3.00. The lowest BCUT2D eigenvalue weighted by Gasteiger charge is -2.36. The van der Waals surface area contributed by atoms with Crippen molar-refractivity contribution >= 4 is 16.6 Å². The summed E-state index contributed by atoms with van der Waals surface area (Å²) in [6.45, 7) is 6.87. The van der Waals surface area contributed by atoms with Crippen LogP contribution in [0.15, 0.2) is 50.8 Å². The molecule has 8 nitrogen and oxygen atoms in total. The highest BCUT2D eigenvalue weighted by Crippen LogP contribution is 2.28. The highest BCUT2D eigenvalue weighted by atomic mass is 16.5. The van der Waals surface area contributed by atoms with E-state index in [1.165, 1.54) is 17.1 Å². The van der Waals surface area contributed by atoms with Crippen molar-refractivity contribution in [3.05, 3.63) is 57.6 Å². The SMILES string of the molecule is CCn1c(=O)n(CCN2CCN(c3ccccc3OC)CC2)c(=O)c2cocc21. The van der Waals surface area contributed by atoms with Crippen LogP contribution in [0.2, 0.25) is 0 Å². The molecule has 1 aliphatic heterocycles. The maximum absolute atomic E-state index is 12.8. The van der Waals surface area contributed by atoms with Crippen LogP contribution in [0.1, 0.15) is 6.92 Å². The number of furan rings is 1. The molecule has 0 unspecified atom stereocenters. The second-order valence-corrected chi connectivity index (χ2v) is 7.15. The lowest BCUT2D eigenvalue weighted by atomic mass is 10.2. The van der Waals surface area contributed by atoms with Crippen LogP contribution in [0.3, 0.4) is 0 Å². The van der Waals surface area contributed by atoms with Gasteiger partial charge in [0.2, 0.25) is 0 Å². The van der Waals surface area contributed by atoms with Crippen LogP contribution in [0.25, 0.3) is 10.9 Å². The lowest BCUT2D eigenvalue weighted by molar-refractivity contribution is 0.244. The van der Waals surface area contributed by atoms with Crippen LogP contribution in [0, 0.1) is 0 Å². The molecule has 1 aromatic carbocycles. The number of piperazine rings is 1. The van der Waals surface area contributed by atoms with Crippen molar-refractivity contribution in [3.63, 3.8) is 0 Å². The largest absolute Gasteiger partial charge is 0.495 e. The van der Waals surface area contributed by atoms with Gasteiger partial charge < -0.3 is 14.1 Å². The minimum absolute atomic E-state index is 0.279.